The second kappa shape index (κ2) is 11.8. The zero-order chi connectivity index (χ0) is 22.8. The molecule has 0 fully saturated rings. The molecular formula is C28H31NO3. The molecule has 0 amide bonds. The second-order valence-corrected chi connectivity index (χ2v) is 7.82. The molecule has 0 aliphatic rings. The van der Waals surface area contributed by atoms with Crippen LogP contribution in [0.15, 0.2) is 84.6 Å². The zero-order valence-electron chi connectivity index (χ0n) is 19.1. The Kier molecular flexibility index (Phi) is 8.50. The Balaban J connectivity index is 1.78. The van der Waals surface area contributed by atoms with Crippen molar-refractivity contribution in [3.05, 3.63) is 107 Å². The third kappa shape index (κ3) is 7.02. The summed E-state index contributed by atoms with van der Waals surface area (Å²) < 4.78 is 12.3. The van der Waals surface area contributed by atoms with Gasteiger partial charge in [0.2, 0.25) is 0 Å². The van der Waals surface area contributed by atoms with Crippen molar-refractivity contribution in [2.75, 3.05) is 7.05 Å². The number of hydrogen-bond donors (Lipinski definition) is 1. The Labute approximate surface area is 190 Å². The number of ketones is 1. The Morgan fingerprint density at radius 2 is 1.44 bits per heavy atom. The summed E-state index contributed by atoms with van der Waals surface area (Å²) in [7, 11) is 1.81. The van der Waals surface area contributed by atoms with Crippen molar-refractivity contribution in [1.29, 1.82) is 0 Å². The third-order valence-electron chi connectivity index (χ3n) is 5.24. The Bertz CT molecular complexity index is 1040. The number of carbonyl (C=O) groups excluding carboxylic acids is 1. The van der Waals surface area contributed by atoms with E-state index in [1.165, 1.54) is 0 Å². The van der Waals surface area contributed by atoms with Gasteiger partial charge in [0.25, 0.3) is 0 Å². The fourth-order valence-corrected chi connectivity index (χ4v) is 3.30. The first-order valence-electron chi connectivity index (χ1n) is 10.9. The molecular weight excluding hydrogens is 398 g/mol. The van der Waals surface area contributed by atoms with Crippen LogP contribution < -0.4 is 14.8 Å². The molecule has 0 unspecified atom stereocenters. The Morgan fingerprint density at radius 3 is 2.00 bits per heavy atom. The van der Waals surface area contributed by atoms with E-state index in [9.17, 15) is 4.79 Å². The number of carbonyl (C=O) groups is 1. The molecule has 0 aliphatic heterocycles. The van der Waals surface area contributed by atoms with Crippen LogP contribution in [0.25, 0.3) is 0 Å². The van der Waals surface area contributed by atoms with Crippen molar-refractivity contribution >= 4 is 5.78 Å². The summed E-state index contributed by atoms with van der Waals surface area (Å²) in [5.74, 6) is 1.68. The predicted molar refractivity (Wildman–Crippen MR) is 129 cm³/mol. The molecule has 0 saturated carbocycles. The van der Waals surface area contributed by atoms with E-state index < -0.39 is 0 Å². The average molecular weight is 430 g/mol. The molecule has 0 radical (unpaired) electrons. The molecule has 32 heavy (non-hydrogen) atoms. The number of rotatable bonds is 11. The van der Waals surface area contributed by atoms with E-state index in [2.05, 4.69) is 5.32 Å². The lowest BCUT2D eigenvalue weighted by atomic mass is 10.0. The van der Waals surface area contributed by atoms with Crippen molar-refractivity contribution in [3.8, 4) is 11.5 Å². The molecule has 3 aromatic carbocycles. The van der Waals surface area contributed by atoms with Gasteiger partial charge in [-0.3, -0.25) is 4.79 Å². The van der Waals surface area contributed by atoms with Gasteiger partial charge in [-0.15, -0.1) is 0 Å². The zero-order valence-corrected chi connectivity index (χ0v) is 19.1. The van der Waals surface area contributed by atoms with E-state index in [1.54, 1.807) is 6.08 Å². The standard InChI is InChI=1S/C28H31NO3/c1-21-16-28(32-20-24-12-8-5-9-13-24)25(14-15-26(30)17-22(2)29-3)18-27(21)31-19-23-10-6-4-7-11-23/h4-13,16-18,29H,14-15,19-20H2,1-3H3/b22-17-. The average Bonchev–Trinajstić information content (AvgIpc) is 2.82. The van der Waals surface area contributed by atoms with Gasteiger partial charge in [0.15, 0.2) is 5.78 Å². The highest BCUT2D eigenvalue weighted by molar-refractivity contribution is 5.90. The summed E-state index contributed by atoms with van der Waals surface area (Å²) >= 11 is 0. The number of aryl methyl sites for hydroxylation is 2. The SMILES string of the molecule is CN/C(C)=C\C(=O)CCc1cc(OCc2ccccc2)c(C)cc1OCc1ccccc1. The van der Waals surface area contributed by atoms with Crippen molar-refractivity contribution in [2.45, 2.75) is 39.9 Å². The van der Waals surface area contributed by atoms with Crippen LogP contribution in [-0.2, 0) is 24.4 Å². The normalized spacial score (nSPS) is 11.2. The van der Waals surface area contributed by atoms with Gasteiger partial charge in [-0.2, -0.15) is 0 Å². The van der Waals surface area contributed by atoms with E-state index in [0.717, 1.165) is 39.4 Å². The van der Waals surface area contributed by atoms with Crippen LogP contribution in [0.3, 0.4) is 0 Å². The fraction of sp³-hybridized carbons (Fsp3) is 0.250. The number of benzene rings is 3. The highest BCUT2D eigenvalue weighted by Crippen LogP contribution is 2.31. The maximum atomic E-state index is 12.4. The second-order valence-electron chi connectivity index (χ2n) is 7.82. The van der Waals surface area contributed by atoms with Gasteiger partial charge in [0.1, 0.15) is 24.7 Å². The molecule has 0 saturated heterocycles. The highest BCUT2D eigenvalue weighted by atomic mass is 16.5. The van der Waals surface area contributed by atoms with Gasteiger partial charge in [0, 0.05) is 19.2 Å². The molecule has 3 aromatic rings. The molecule has 4 heteroatoms. The Hall–Kier alpha value is -3.53. The molecule has 0 atom stereocenters. The van der Waals surface area contributed by atoms with Gasteiger partial charge in [-0.25, -0.2) is 0 Å². The molecule has 0 bridgehead atoms. The minimum Gasteiger partial charge on any atom is -0.489 e. The first-order chi connectivity index (χ1) is 15.5. The van der Waals surface area contributed by atoms with Gasteiger partial charge < -0.3 is 14.8 Å². The van der Waals surface area contributed by atoms with E-state index in [1.807, 2.05) is 93.7 Å². The monoisotopic (exact) mass is 429 g/mol. The number of allylic oxidation sites excluding steroid dienone is 2. The smallest absolute Gasteiger partial charge is 0.157 e. The van der Waals surface area contributed by atoms with Gasteiger partial charge in [-0.05, 0) is 60.7 Å². The van der Waals surface area contributed by atoms with E-state index in [4.69, 9.17) is 9.47 Å². The van der Waals surface area contributed by atoms with E-state index >= 15 is 0 Å². The fourth-order valence-electron chi connectivity index (χ4n) is 3.30. The number of ether oxygens (including phenoxy) is 2. The van der Waals surface area contributed by atoms with Crippen LogP contribution in [0.2, 0.25) is 0 Å². The summed E-state index contributed by atoms with van der Waals surface area (Å²) in [4.78, 5) is 12.4. The van der Waals surface area contributed by atoms with E-state index in [0.29, 0.717) is 26.1 Å². The summed E-state index contributed by atoms with van der Waals surface area (Å²) in [6.07, 6.45) is 2.63. The lowest BCUT2D eigenvalue weighted by Gasteiger charge is -2.16. The summed E-state index contributed by atoms with van der Waals surface area (Å²) in [5.41, 5.74) is 5.04. The molecule has 0 heterocycles. The topological polar surface area (TPSA) is 47.6 Å². The van der Waals surface area contributed by atoms with E-state index in [-0.39, 0.29) is 5.78 Å². The number of nitrogens with one attached hydrogen (secondary N) is 1. The summed E-state index contributed by atoms with van der Waals surface area (Å²) in [5, 5.41) is 2.99. The van der Waals surface area contributed by atoms with Gasteiger partial charge >= 0.3 is 0 Å². The van der Waals surface area contributed by atoms with Crippen LogP contribution in [0.5, 0.6) is 11.5 Å². The van der Waals surface area contributed by atoms with Crippen LogP contribution in [0.4, 0.5) is 0 Å². The maximum absolute atomic E-state index is 12.4. The quantitative estimate of drug-likeness (QED) is 0.393. The highest BCUT2D eigenvalue weighted by Gasteiger charge is 2.12. The van der Waals surface area contributed by atoms with Crippen LogP contribution >= 0.6 is 0 Å². The minimum absolute atomic E-state index is 0.0817. The molecule has 0 aliphatic carbocycles. The molecule has 4 nitrogen and oxygen atoms in total. The molecule has 166 valence electrons. The van der Waals surface area contributed by atoms with Crippen molar-refractivity contribution in [3.63, 3.8) is 0 Å². The molecule has 0 spiro atoms. The minimum atomic E-state index is 0.0817. The third-order valence-corrected chi connectivity index (χ3v) is 5.24. The van der Waals surface area contributed by atoms with Crippen molar-refractivity contribution in [2.24, 2.45) is 0 Å². The maximum Gasteiger partial charge on any atom is 0.157 e. The molecule has 1 N–H and O–H groups in total. The lowest BCUT2D eigenvalue weighted by Crippen LogP contribution is -2.07. The first-order valence-corrected chi connectivity index (χ1v) is 10.9. The Morgan fingerprint density at radius 1 is 0.875 bits per heavy atom. The van der Waals surface area contributed by atoms with Crippen molar-refractivity contribution in [1.82, 2.24) is 5.32 Å². The van der Waals surface area contributed by atoms with Crippen LogP contribution in [0.1, 0.15) is 35.6 Å². The molecule has 3 rings (SSSR count). The first kappa shape index (κ1) is 23.1. The molecule has 0 aromatic heterocycles. The van der Waals surface area contributed by atoms with Crippen LogP contribution in [0, 0.1) is 6.92 Å². The largest absolute Gasteiger partial charge is 0.489 e. The van der Waals surface area contributed by atoms with Crippen LogP contribution in [-0.4, -0.2) is 12.8 Å². The van der Waals surface area contributed by atoms with Gasteiger partial charge in [-0.1, -0.05) is 60.7 Å². The summed E-state index contributed by atoms with van der Waals surface area (Å²) in [6, 6.07) is 24.2. The number of hydrogen-bond acceptors (Lipinski definition) is 4. The predicted octanol–water partition coefficient (Wildman–Crippen LogP) is 5.78. The van der Waals surface area contributed by atoms with Gasteiger partial charge in [0.05, 0.1) is 0 Å². The van der Waals surface area contributed by atoms with Crippen molar-refractivity contribution < 1.29 is 14.3 Å². The lowest BCUT2D eigenvalue weighted by molar-refractivity contribution is -0.114. The summed E-state index contributed by atoms with van der Waals surface area (Å²) in [6.45, 7) is 4.87.